The average Bonchev–Trinajstić information content (AvgIpc) is 2.98. The zero-order chi connectivity index (χ0) is 14.5. The number of hydrogen-bond donors (Lipinski definition) is 0. The molecule has 0 aliphatic heterocycles. The molecule has 0 saturated heterocycles. The fraction of sp³-hybridized carbons (Fsp3) is 0.125. The third kappa shape index (κ3) is 3.86. The van der Waals surface area contributed by atoms with Gasteiger partial charge in [0.15, 0.2) is 5.76 Å². The van der Waals surface area contributed by atoms with Crippen molar-refractivity contribution in [3.05, 3.63) is 65.6 Å². The van der Waals surface area contributed by atoms with Crippen LogP contribution < -0.4 is 0 Å². The van der Waals surface area contributed by atoms with Crippen LogP contribution in [0.5, 0.6) is 0 Å². The van der Waals surface area contributed by atoms with Crippen molar-refractivity contribution in [3.63, 3.8) is 0 Å². The van der Waals surface area contributed by atoms with Crippen molar-refractivity contribution >= 4 is 23.4 Å². The summed E-state index contributed by atoms with van der Waals surface area (Å²) in [6, 6.07) is 11.6. The van der Waals surface area contributed by atoms with E-state index in [4.69, 9.17) is 16.0 Å². The Bertz CT molecular complexity index is 698. The number of hydrogen-bond acceptors (Lipinski definition) is 4. The first-order valence-corrected chi connectivity index (χ1v) is 7.91. The van der Waals surface area contributed by atoms with Crippen LogP contribution in [0.1, 0.15) is 5.56 Å². The van der Waals surface area contributed by atoms with Gasteiger partial charge in [0.05, 0.1) is 6.20 Å². The number of nitrogens with zero attached hydrogens (tertiary/aromatic N) is 2. The Morgan fingerprint density at radius 3 is 2.57 bits per heavy atom. The summed E-state index contributed by atoms with van der Waals surface area (Å²) in [5.74, 6) is 1.68. The van der Waals surface area contributed by atoms with E-state index in [9.17, 15) is 0 Å². The monoisotopic (exact) mass is 316 g/mol. The Morgan fingerprint density at radius 2 is 1.81 bits per heavy atom. The maximum absolute atomic E-state index is 5.88. The maximum Gasteiger partial charge on any atom is 0.256 e. The molecule has 0 atom stereocenters. The van der Waals surface area contributed by atoms with Gasteiger partial charge in [0.2, 0.25) is 0 Å². The molecule has 0 spiro atoms. The number of rotatable bonds is 5. The lowest BCUT2D eigenvalue weighted by Gasteiger charge is -1.98. The highest BCUT2D eigenvalue weighted by molar-refractivity contribution is 7.99. The minimum absolute atomic E-state index is 0.689. The van der Waals surface area contributed by atoms with Crippen LogP contribution in [0.2, 0.25) is 5.02 Å². The lowest BCUT2D eigenvalue weighted by Crippen LogP contribution is -1.88. The molecule has 0 aliphatic carbocycles. The van der Waals surface area contributed by atoms with Gasteiger partial charge in [-0.05, 0) is 48.4 Å². The van der Waals surface area contributed by atoms with E-state index in [1.165, 1.54) is 5.56 Å². The highest BCUT2D eigenvalue weighted by Gasteiger charge is 2.07. The molecule has 0 amide bonds. The first-order chi connectivity index (χ1) is 10.3. The largest absolute Gasteiger partial charge is 0.431 e. The molecule has 5 heteroatoms. The van der Waals surface area contributed by atoms with E-state index < -0.39 is 0 Å². The SMILES string of the molecule is Clc1ccc(-c2cnc(SCCc3ccncc3)o2)cc1. The molecule has 0 bridgehead atoms. The highest BCUT2D eigenvalue weighted by atomic mass is 35.5. The van der Waals surface area contributed by atoms with E-state index >= 15 is 0 Å². The van der Waals surface area contributed by atoms with Crippen LogP contribution >= 0.6 is 23.4 Å². The molecule has 0 unspecified atom stereocenters. The quantitative estimate of drug-likeness (QED) is 0.638. The predicted octanol–water partition coefficient (Wildman–Crippen LogP) is 4.72. The summed E-state index contributed by atoms with van der Waals surface area (Å²) in [6.07, 6.45) is 6.33. The summed E-state index contributed by atoms with van der Waals surface area (Å²) in [7, 11) is 0. The van der Waals surface area contributed by atoms with Crippen molar-refractivity contribution in [1.29, 1.82) is 0 Å². The molecule has 106 valence electrons. The zero-order valence-corrected chi connectivity index (χ0v) is 12.8. The Balaban J connectivity index is 1.59. The number of oxazole rings is 1. The van der Waals surface area contributed by atoms with Gasteiger partial charge in [0, 0.05) is 28.7 Å². The number of pyridine rings is 1. The van der Waals surface area contributed by atoms with Crippen LogP contribution in [0.25, 0.3) is 11.3 Å². The van der Waals surface area contributed by atoms with E-state index in [1.54, 1.807) is 18.0 Å². The topological polar surface area (TPSA) is 38.9 Å². The predicted molar refractivity (Wildman–Crippen MR) is 85.6 cm³/mol. The first-order valence-electron chi connectivity index (χ1n) is 6.55. The fourth-order valence-corrected chi connectivity index (χ4v) is 2.79. The molecule has 0 fully saturated rings. The van der Waals surface area contributed by atoms with Gasteiger partial charge >= 0.3 is 0 Å². The van der Waals surface area contributed by atoms with Gasteiger partial charge in [-0.25, -0.2) is 4.98 Å². The van der Waals surface area contributed by atoms with Crippen molar-refractivity contribution < 1.29 is 4.42 Å². The first kappa shape index (κ1) is 14.2. The number of aromatic nitrogens is 2. The smallest absolute Gasteiger partial charge is 0.256 e. The molecular formula is C16H13ClN2OS. The van der Waals surface area contributed by atoms with E-state index in [0.29, 0.717) is 10.2 Å². The van der Waals surface area contributed by atoms with E-state index in [2.05, 4.69) is 9.97 Å². The van der Waals surface area contributed by atoms with Gasteiger partial charge in [0.25, 0.3) is 5.22 Å². The van der Waals surface area contributed by atoms with Crippen LogP contribution in [-0.2, 0) is 6.42 Å². The molecule has 2 aromatic heterocycles. The second-order valence-corrected chi connectivity index (χ2v) is 5.93. The van der Waals surface area contributed by atoms with Crippen LogP contribution in [0.3, 0.4) is 0 Å². The lowest BCUT2D eigenvalue weighted by atomic mass is 10.2. The highest BCUT2D eigenvalue weighted by Crippen LogP contribution is 2.26. The summed E-state index contributed by atoms with van der Waals surface area (Å²) < 4.78 is 5.74. The van der Waals surface area contributed by atoms with E-state index in [0.717, 1.165) is 23.5 Å². The maximum atomic E-state index is 5.88. The second-order valence-electron chi connectivity index (χ2n) is 4.45. The van der Waals surface area contributed by atoms with Crippen molar-refractivity contribution in [3.8, 4) is 11.3 Å². The molecule has 2 heterocycles. The molecular weight excluding hydrogens is 304 g/mol. The number of halogens is 1. The summed E-state index contributed by atoms with van der Waals surface area (Å²) in [4.78, 5) is 8.30. The normalized spacial score (nSPS) is 10.7. The summed E-state index contributed by atoms with van der Waals surface area (Å²) >= 11 is 7.49. The molecule has 3 aromatic rings. The third-order valence-electron chi connectivity index (χ3n) is 2.98. The average molecular weight is 317 g/mol. The molecule has 0 aliphatic rings. The van der Waals surface area contributed by atoms with Gasteiger partial charge in [0.1, 0.15) is 0 Å². The number of aryl methyl sites for hydroxylation is 1. The van der Waals surface area contributed by atoms with E-state index in [1.807, 2.05) is 48.8 Å². The standard InChI is InChI=1S/C16H13ClN2OS/c17-14-3-1-13(2-4-14)15-11-19-16(20-15)21-10-7-12-5-8-18-9-6-12/h1-6,8-9,11H,7,10H2. The van der Waals surface area contributed by atoms with Crippen molar-refractivity contribution in [1.82, 2.24) is 9.97 Å². The molecule has 3 nitrogen and oxygen atoms in total. The Hall–Kier alpha value is -1.78. The number of thioether (sulfide) groups is 1. The van der Waals surface area contributed by atoms with Crippen LogP contribution in [0, 0.1) is 0 Å². The van der Waals surface area contributed by atoms with Gasteiger partial charge < -0.3 is 4.42 Å². The molecule has 21 heavy (non-hydrogen) atoms. The summed E-state index contributed by atoms with van der Waals surface area (Å²) in [5, 5.41) is 1.40. The minimum atomic E-state index is 0.689. The molecule has 3 rings (SSSR count). The van der Waals surface area contributed by atoms with Gasteiger partial charge in [-0.2, -0.15) is 0 Å². The molecule has 0 saturated carbocycles. The van der Waals surface area contributed by atoms with Gasteiger partial charge in [-0.15, -0.1) is 0 Å². The van der Waals surface area contributed by atoms with Crippen molar-refractivity contribution in [2.24, 2.45) is 0 Å². The number of benzene rings is 1. The Labute approximate surface area is 132 Å². The minimum Gasteiger partial charge on any atom is -0.431 e. The fourth-order valence-electron chi connectivity index (χ4n) is 1.88. The molecule has 0 radical (unpaired) electrons. The second kappa shape index (κ2) is 6.78. The molecule has 0 N–H and O–H groups in total. The zero-order valence-electron chi connectivity index (χ0n) is 11.2. The van der Waals surface area contributed by atoms with Gasteiger partial charge in [-0.1, -0.05) is 23.4 Å². The Kier molecular flexibility index (Phi) is 4.58. The van der Waals surface area contributed by atoms with Crippen LogP contribution in [0.4, 0.5) is 0 Å². The molecule has 1 aromatic carbocycles. The van der Waals surface area contributed by atoms with Crippen molar-refractivity contribution in [2.45, 2.75) is 11.6 Å². The van der Waals surface area contributed by atoms with E-state index in [-0.39, 0.29) is 0 Å². The summed E-state index contributed by atoms with van der Waals surface area (Å²) in [6.45, 7) is 0. The van der Waals surface area contributed by atoms with Crippen LogP contribution in [-0.4, -0.2) is 15.7 Å². The lowest BCUT2D eigenvalue weighted by molar-refractivity contribution is 0.466. The third-order valence-corrected chi connectivity index (χ3v) is 4.07. The summed E-state index contributed by atoms with van der Waals surface area (Å²) in [5.41, 5.74) is 2.25. The van der Waals surface area contributed by atoms with Gasteiger partial charge in [-0.3, -0.25) is 4.98 Å². The van der Waals surface area contributed by atoms with Crippen LogP contribution in [0.15, 0.2) is 64.6 Å². The van der Waals surface area contributed by atoms with Crippen molar-refractivity contribution in [2.75, 3.05) is 5.75 Å². The Morgan fingerprint density at radius 1 is 1.05 bits per heavy atom.